The van der Waals surface area contributed by atoms with Crippen molar-refractivity contribution in [2.45, 2.75) is 18.9 Å². The molecule has 0 unspecified atom stereocenters. The molecule has 1 fully saturated rings. The summed E-state index contributed by atoms with van der Waals surface area (Å²) >= 11 is 0. The Balaban J connectivity index is 1.79. The lowest BCUT2D eigenvalue weighted by Gasteiger charge is -2.36. The van der Waals surface area contributed by atoms with Crippen LogP contribution in [-0.4, -0.2) is 31.1 Å². The first kappa shape index (κ1) is 9.37. The lowest BCUT2D eigenvalue weighted by Crippen LogP contribution is -2.44. The van der Waals surface area contributed by atoms with Crippen LogP contribution in [0.25, 0.3) is 0 Å². The van der Waals surface area contributed by atoms with Crippen molar-refractivity contribution in [3.8, 4) is 0 Å². The van der Waals surface area contributed by atoms with Crippen molar-refractivity contribution in [3.05, 3.63) is 35.4 Å². The largest absolute Gasteiger partial charge is 0.309 e. The Morgan fingerprint density at radius 1 is 1.27 bits per heavy atom. The lowest BCUT2D eigenvalue weighted by molar-refractivity contribution is 0.159. The van der Waals surface area contributed by atoms with Gasteiger partial charge in [-0.25, -0.2) is 0 Å². The van der Waals surface area contributed by atoms with Gasteiger partial charge in [0, 0.05) is 12.6 Å². The molecule has 2 aliphatic rings. The smallest absolute Gasteiger partial charge is 0.0452 e. The molecule has 1 aromatic rings. The molecule has 0 bridgehead atoms. The Hall–Kier alpha value is -0.860. The highest BCUT2D eigenvalue weighted by atomic mass is 15.2. The summed E-state index contributed by atoms with van der Waals surface area (Å²) in [5.41, 5.74) is 3.07. The van der Waals surface area contributed by atoms with Gasteiger partial charge >= 0.3 is 0 Å². The molecular formula is C13H18N2. The minimum absolute atomic E-state index is 0.565. The average Bonchev–Trinajstić information content (AvgIpc) is 2.23. The molecule has 1 atom stereocenters. The molecule has 0 aromatic heterocycles. The summed E-state index contributed by atoms with van der Waals surface area (Å²) in [6, 6.07) is 9.45. The first-order valence-electron chi connectivity index (χ1n) is 5.97. The van der Waals surface area contributed by atoms with Crippen LogP contribution in [-0.2, 0) is 6.42 Å². The van der Waals surface area contributed by atoms with Crippen molar-refractivity contribution in [3.63, 3.8) is 0 Å². The van der Waals surface area contributed by atoms with Gasteiger partial charge in [-0.1, -0.05) is 24.3 Å². The monoisotopic (exact) mass is 202 g/mol. The van der Waals surface area contributed by atoms with Crippen LogP contribution in [0.2, 0.25) is 0 Å². The predicted octanol–water partition coefficient (Wildman–Crippen LogP) is 1.58. The maximum atomic E-state index is 3.63. The van der Waals surface area contributed by atoms with Crippen molar-refractivity contribution in [1.82, 2.24) is 10.2 Å². The second-order valence-electron chi connectivity index (χ2n) is 4.61. The van der Waals surface area contributed by atoms with Crippen molar-refractivity contribution in [1.29, 1.82) is 0 Å². The fourth-order valence-corrected chi connectivity index (χ4v) is 2.58. The standard InChI is InChI=1S/C13H18N2/c1-2-5-12-11(4-1)6-7-14-13(12)10-15-8-3-9-15/h1-2,4-5,13-14H,3,6-10H2/t13-/m0/s1. The van der Waals surface area contributed by atoms with E-state index in [0.717, 1.165) is 6.54 Å². The van der Waals surface area contributed by atoms with Crippen LogP contribution in [0.5, 0.6) is 0 Å². The summed E-state index contributed by atoms with van der Waals surface area (Å²) in [4.78, 5) is 2.54. The van der Waals surface area contributed by atoms with E-state index < -0.39 is 0 Å². The molecule has 0 amide bonds. The quantitative estimate of drug-likeness (QED) is 0.783. The van der Waals surface area contributed by atoms with Gasteiger partial charge in [-0.2, -0.15) is 0 Å². The highest BCUT2D eigenvalue weighted by molar-refractivity contribution is 5.32. The number of likely N-dealkylation sites (tertiary alicyclic amines) is 1. The molecular weight excluding hydrogens is 184 g/mol. The number of hydrogen-bond acceptors (Lipinski definition) is 2. The highest BCUT2D eigenvalue weighted by Crippen LogP contribution is 2.24. The van der Waals surface area contributed by atoms with Gasteiger partial charge < -0.3 is 10.2 Å². The van der Waals surface area contributed by atoms with Gasteiger partial charge in [-0.05, 0) is 43.6 Å². The first-order valence-corrected chi connectivity index (χ1v) is 5.97. The van der Waals surface area contributed by atoms with Crippen LogP contribution >= 0.6 is 0 Å². The van der Waals surface area contributed by atoms with E-state index in [-0.39, 0.29) is 0 Å². The zero-order valence-electron chi connectivity index (χ0n) is 9.08. The summed E-state index contributed by atoms with van der Waals surface area (Å²) in [6.07, 6.45) is 2.57. The molecule has 1 aromatic carbocycles. The van der Waals surface area contributed by atoms with E-state index in [1.807, 2.05) is 0 Å². The minimum Gasteiger partial charge on any atom is -0.309 e. The molecule has 2 nitrogen and oxygen atoms in total. The number of hydrogen-bond donors (Lipinski definition) is 1. The number of fused-ring (bicyclic) bond motifs is 1. The molecule has 80 valence electrons. The van der Waals surface area contributed by atoms with Gasteiger partial charge in [0.1, 0.15) is 0 Å². The van der Waals surface area contributed by atoms with E-state index >= 15 is 0 Å². The lowest BCUT2D eigenvalue weighted by atomic mass is 9.93. The Morgan fingerprint density at radius 3 is 2.93 bits per heavy atom. The van der Waals surface area contributed by atoms with Crippen molar-refractivity contribution in [2.24, 2.45) is 0 Å². The third kappa shape index (κ3) is 1.80. The topological polar surface area (TPSA) is 15.3 Å². The Kier molecular flexibility index (Phi) is 2.47. The SMILES string of the molecule is c1ccc2c(c1)CCN[C@H]2CN1CCC1. The van der Waals surface area contributed by atoms with E-state index in [2.05, 4.69) is 34.5 Å². The first-order chi connectivity index (χ1) is 7.43. The molecule has 0 spiro atoms. The normalized spacial score (nSPS) is 25.7. The molecule has 1 N–H and O–H groups in total. The number of benzene rings is 1. The molecule has 2 aliphatic heterocycles. The molecule has 2 heteroatoms. The summed E-state index contributed by atoms with van der Waals surface area (Å²) in [6.45, 7) is 4.91. The molecule has 0 radical (unpaired) electrons. The van der Waals surface area contributed by atoms with Gasteiger partial charge in [0.2, 0.25) is 0 Å². The Bertz CT molecular complexity index is 344. The van der Waals surface area contributed by atoms with Gasteiger partial charge in [-0.3, -0.25) is 0 Å². The van der Waals surface area contributed by atoms with Crippen LogP contribution in [0.4, 0.5) is 0 Å². The fourth-order valence-electron chi connectivity index (χ4n) is 2.58. The second kappa shape index (κ2) is 3.95. The maximum Gasteiger partial charge on any atom is 0.0452 e. The van der Waals surface area contributed by atoms with E-state index in [1.54, 1.807) is 5.56 Å². The maximum absolute atomic E-state index is 3.63. The average molecular weight is 202 g/mol. The van der Waals surface area contributed by atoms with E-state index in [0.29, 0.717) is 6.04 Å². The van der Waals surface area contributed by atoms with Gasteiger partial charge in [-0.15, -0.1) is 0 Å². The van der Waals surface area contributed by atoms with Gasteiger partial charge in [0.05, 0.1) is 0 Å². The van der Waals surface area contributed by atoms with Gasteiger partial charge in [0.15, 0.2) is 0 Å². The Morgan fingerprint density at radius 2 is 2.13 bits per heavy atom. The summed E-state index contributed by atoms with van der Waals surface area (Å²) in [5, 5.41) is 3.63. The highest BCUT2D eigenvalue weighted by Gasteiger charge is 2.23. The fraction of sp³-hybridized carbons (Fsp3) is 0.538. The summed E-state index contributed by atoms with van der Waals surface area (Å²) in [7, 11) is 0. The van der Waals surface area contributed by atoms with Crippen LogP contribution in [0.3, 0.4) is 0 Å². The van der Waals surface area contributed by atoms with Crippen molar-refractivity contribution < 1.29 is 0 Å². The van der Waals surface area contributed by atoms with Crippen LogP contribution < -0.4 is 5.32 Å². The van der Waals surface area contributed by atoms with Crippen LogP contribution in [0.15, 0.2) is 24.3 Å². The number of nitrogens with one attached hydrogen (secondary N) is 1. The molecule has 15 heavy (non-hydrogen) atoms. The van der Waals surface area contributed by atoms with Crippen LogP contribution in [0, 0.1) is 0 Å². The molecule has 3 rings (SSSR count). The van der Waals surface area contributed by atoms with Crippen LogP contribution in [0.1, 0.15) is 23.6 Å². The third-order valence-corrected chi connectivity index (χ3v) is 3.61. The molecule has 0 saturated carbocycles. The molecule has 0 aliphatic carbocycles. The second-order valence-corrected chi connectivity index (χ2v) is 4.61. The molecule has 2 heterocycles. The van der Waals surface area contributed by atoms with Crippen molar-refractivity contribution >= 4 is 0 Å². The van der Waals surface area contributed by atoms with E-state index in [1.165, 1.54) is 38.0 Å². The number of nitrogens with zero attached hydrogens (tertiary/aromatic N) is 1. The summed E-state index contributed by atoms with van der Waals surface area (Å²) in [5.74, 6) is 0. The zero-order valence-corrected chi connectivity index (χ0v) is 9.08. The predicted molar refractivity (Wildman–Crippen MR) is 61.9 cm³/mol. The third-order valence-electron chi connectivity index (χ3n) is 3.61. The van der Waals surface area contributed by atoms with E-state index in [4.69, 9.17) is 0 Å². The Labute approximate surface area is 91.3 Å². The van der Waals surface area contributed by atoms with Gasteiger partial charge in [0.25, 0.3) is 0 Å². The molecule has 1 saturated heterocycles. The van der Waals surface area contributed by atoms with Crippen molar-refractivity contribution in [2.75, 3.05) is 26.2 Å². The summed E-state index contributed by atoms with van der Waals surface area (Å²) < 4.78 is 0. The van der Waals surface area contributed by atoms with E-state index in [9.17, 15) is 0 Å². The minimum atomic E-state index is 0.565. The zero-order chi connectivity index (χ0) is 10.1. The number of rotatable bonds is 2.